The zero-order chi connectivity index (χ0) is 15.6. The molecule has 2 aromatic carbocycles. The Morgan fingerprint density at radius 1 is 1.24 bits per heavy atom. The van der Waals surface area contributed by atoms with E-state index in [1.165, 1.54) is 6.07 Å². The fourth-order valence-electron chi connectivity index (χ4n) is 2.11. The molecule has 2 aromatic rings. The second-order valence-corrected chi connectivity index (χ2v) is 5.80. The molecular formula is C16H16Cl2N2O. The highest BCUT2D eigenvalue weighted by molar-refractivity contribution is 6.43. The van der Waals surface area contributed by atoms with Crippen molar-refractivity contribution in [1.82, 2.24) is 4.90 Å². The number of nitrogens with zero attached hydrogens (tertiary/aromatic N) is 1. The third-order valence-electron chi connectivity index (χ3n) is 3.15. The molecular weight excluding hydrogens is 307 g/mol. The molecule has 21 heavy (non-hydrogen) atoms. The van der Waals surface area contributed by atoms with Gasteiger partial charge in [0.25, 0.3) is 5.91 Å². The molecule has 0 aliphatic heterocycles. The first-order valence-corrected chi connectivity index (χ1v) is 7.19. The van der Waals surface area contributed by atoms with E-state index in [0.29, 0.717) is 17.8 Å². The lowest BCUT2D eigenvalue weighted by Crippen LogP contribution is -2.26. The summed E-state index contributed by atoms with van der Waals surface area (Å²) in [6.07, 6.45) is 0. The lowest BCUT2D eigenvalue weighted by atomic mass is 10.1. The summed E-state index contributed by atoms with van der Waals surface area (Å²) in [6, 6.07) is 11.1. The minimum Gasteiger partial charge on any atom is -0.397 e. The van der Waals surface area contributed by atoms with Gasteiger partial charge in [-0.05, 0) is 24.6 Å². The summed E-state index contributed by atoms with van der Waals surface area (Å²) >= 11 is 11.9. The van der Waals surface area contributed by atoms with Gasteiger partial charge in [0.1, 0.15) is 0 Å². The Morgan fingerprint density at radius 2 is 1.95 bits per heavy atom. The van der Waals surface area contributed by atoms with Crippen molar-refractivity contribution in [2.75, 3.05) is 12.8 Å². The van der Waals surface area contributed by atoms with Crippen molar-refractivity contribution >= 4 is 34.8 Å². The molecule has 3 nitrogen and oxygen atoms in total. The summed E-state index contributed by atoms with van der Waals surface area (Å²) in [5.74, 6) is -0.151. The maximum Gasteiger partial charge on any atom is 0.254 e. The zero-order valence-corrected chi connectivity index (χ0v) is 13.4. The van der Waals surface area contributed by atoms with Crippen LogP contribution in [0.15, 0.2) is 36.4 Å². The Kier molecular flexibility index (Phi) is 4.76. The first-order valence-electron chi connectivity index (χ1n) is 6.44. The lowest BCUT2D eigenvalue weighted by Gasteiger charge is -2.18. The number of anilines is 1. The number of nitrogen functional groups attached to an aromatic ring is 1. The van der Waals surface area contributed by atoms with Gasteiger partial charge in [0, 0.05) is 19.2 Å². The number of halogens is 2. The molecule has 0 saturated carbocycles. The van der Waals surface area contributed by atoms with Crippen LogP contribution in [-0.2, 0) is 6.54 Å². The molecule has 0 fully saturated rings. The van der Waals surface area contributed by atoms with Crippen molar-refractivity contribution in [3.63, 3.8) is 0 Å². The Morgan fingerprint density at radius 3 is 2.57 bits per heavy atom. The highest BCUT2D eigenvalue weighted by Crippen LogP contribution is 2.29. The molecule has 2 N–H and O–H groups in total. The number of carbonyl (C=O) groups excluding carboxylic acids is 1. The maximum atomic E-state index is 12.4. The number of carbonyl (C=O) groups is 1. The van der Waals surface area contributed by atoms with Crippen molar-refractivity contribution in [3.05, 3.63) is 63.1 Å². The fraction of sp³-hybridized carbons (Fsp3) is 0.188. The van der Waals surface area contributed by atoms with Crippen LogP contribution in [0.3, 0.4) is 0 Å². The van der Waals surface area contributed by atoms with Gasteiger partial charge in [-0.2, -0.15) is 0 Å². The normalized spacial score (nSPS) is 10.5. The molecule has 0 atom stereocenters. The van der Waals surface area contributed by atoms with Crippen molar-refractivity contribution < 1.29 is 4.79 Å². The predicted molar refractivity (Wildman–Crippen MR) is 87.9 cm³/mol. The van der Waals surface area contributed by atoms with Crippen LogP contribution >= 0.6 is 23.2 Å². The topological polar surface area (TPSA) is 46.3 Å². The summed E-state index contributed by atoms with van der Waals surface area (Å²) in [4.78, 5) is 14.0. The molecule has 2 rings (SSSR count). The van der Waals surface area contributed by atoms with E-state index >= 15 is 0 Å². The van der Waals surface area contributed by atoms with Crippen LogP contribution in [0, 0.1) is 6.92 Å². The molecule has 0 aliphatic carbocycles. The van der Waals surface area contributed by atoms with Crippen LogP contribution < -0.4 is 5.73 Å². The van der Waals surface area contributed by atoms with Gasteiger partial charge in [-0.1, -0.05) is 53.0 Å². The highest BCUT2D eigenvalue weighted by Gasteiger charge is 2.15. The second kappa shape index (κ2) is 6.37. The molecule has 0 radical (unpaired) electrons. The van der Waals surface area contributed by atoms with Gasteiger partial charge in [0.15, 0.2) is 0 Å². The zero-order valence-electron chi connectivity index (χ0n) is 11.9. The van der Waals surface area contributed by atoms with E-state index in [1.807, 2.05) is 31.2 Å². The molecule has 1 amide bonds. The number of aryl methyl sites for hydroxylation is 1. The van der Waals surface area contributed by atoms with Crippen LogP contribution in [0.4, 0.5) is 5.69 Å². The first-order chi connectivity index (χ1) is 9.88. The number of nitrogens with two attached hydrogens (primary N) is 1. The van der Waals surface area contributed by atoms with Crippen molar-refractivity contribution in [2.45, 2.75) is 13.5 Å². The Labute approximate surface area is 134 Å². The second-order valence-electron chi connectivity index (χ2n) is 5.01. The average molecular weight is 323 g/mol. The van der Waals surface area contributed by atoms with Crippen LogP contribution in [0.1, 0.15) is 21.5 Å². The smallest absolute Gasteiger partial charge is 0.254 e. The number of rotatable bonds is 3. The molecule has 110 valence electrons. The van der Waals surface area contributed by atoms with Crippen LogP contribution in [0.2, 0.25) is 10.0 Å². The molecule has 0 unspecified atom stereocenters. The van der Waals surface area contributed by atoms with E-state index in [4.69, 9.17) is 28.9 Å². The fourth-order valence-corrected chi connectivity index (χ4v) is 2.45. The molecule has 0 aliphatic rings. The molecule has 0 bridgehead atoms. The molecule has 0 saturated heterocycles. The van der Waals surface area contributed by atoms with Crippen LogP contribution in [0.5, 0.6) is 0 Å². The molecule has 0 heterocycles. The van der Waals surface area contributed by atoms with Gasteiger partial charge in [0.2, 0.25) is 0 Å². The summed E-state index contributed by atoms with van der Waals surface area (Å²) in [7, 11) is 1.74. The minimum atomic E-state index is -0.151. The van der Waals surface area contributed by atoms with Gasteiger partial charge in [-0.3, -0.25) is 4.79 Å². The number of amides is 1. The van der Waals surface area contributed by atoms with E-state index < -0.39 is 0 Å². The van der Waals surface area contributed by atoms with E-state index in [9.17, 15) is 4.79 Å². The summed E-state index contributed by atoms with van der Waals surface area (Å²) < 4.78 is 0. The van der Waals surface area contributed by atoms with Crippen LogP contribution in [0.25, 0.3) is 0 Å². The molecule has 5 heteroatoms. The number of hydrogen-bond donors (Lipinski definition) is 1. The Balaban J connectivity index is 2.20. The third-order valence-corrected chi connectivity index (χ3v) is 3.97. The SMILES string of the molecule is Cc1cccc(CN(C)C(=O)c2cc(N)c(Cl)c(Cl)c2)c1. The minimum absolute atomic E-state index is 0.151. The highest BCUT2D eigenvalue weighted by atomic mass is 35.5. The monoisotopic (exact) mass is 322 g/mol. The van der Waals surface area contributed by atoms with Crippen LogP contribution in [-0.4, -0.2) is 17.9 Å². The summed E-state index contributed by atoms with van der Waals surface area (Å²) in [5, 5.41) is 0.554. The van der Waals surface area contributed by atoms with E-state index in [-0.39, 0.29) is 16.0 Å². The Bertz CT molecular complexity index is 663. The third kappa shape index (κ3) is 3.69. The Hall–Kier alpha value is -1.71. The number of benzene rings is 2. The van der Waals surface area contributed by atoms with E-state index in [2.05, 4.69) is 0 Å². The van der Waals surface area contributed by atoms with Gasteiger partial charge in [-0.25, -0.2) is 0 Å². The van der Waals surface area contributed by atoms with Crippen molar-refractivity contribution in [1.29, 1.82) is 0 Å². The summed E-state index contributed by atoms with van der Waals surface area (Å²) in [5.41, 5.74) is 8.70. The first kappa shape index (κ1) is 15.7. The van der Waals surface area contributed by atoms with Gasteiger partial charge < -0.3 is 10.6 Å². The largest absolute Gasteiger partial charge is 0.397 e. The number of hydrogen-bond acceptors (Lipinski definition) is 2. The lowest BCUT2D eigenvalue weighted by molar-refractivity contribution is 0.0785. The summed E-state index contributed by atoms with van der Waals surface area (Å²) in [6.45, 7) is 2.53. The quantitative estimate of drug-likeness (QED) is 0.862. The average Bonchev–Trinajstić information content (AvgIpc) is 2.43. The molecule has 0 spiro atoms. The maximum absolute atomic E-state index is 12.4. The predicted octanol–water partition coefficient (Wildman–Crippen LogP) is 4.16. The molecule has 0 aromatic heterocycles. The van der Waals surface area contributed by atoms with Crippen molar-refractivity contribution in [2.24, 2.45) is 0 Å². The van der Waals surface area contributed by atoms with Gasteiger partial charge >= 0.3 is 0 Å². The van der Waals surface area contributed by atoms with E-state index in [0.717, 1.165) is 11.1 Å². The van der Waals surface area contributed by atoms with E-state index in [1.54, 1.807) is 18.0 Å². The van der Waals surface area contributed by atoms with Gasteiger partial charge in [0.05, 0.1) is 15.7 Å². The van der Waals surface area contributed by atoms with Gasteiger partial charge in [-0.15, -0.1) is 0 Å². The van der Waals surface area contributed by atoms with Crippen molar-refractivity contribution in [3.8, 4) is 0 Å². The standard InChI is InChI=1S/C16H16Cl2N2O/c1-10-4-3-5-11(6-10)9-20(2)16(21)12-7-13(17)15(18)14(19)8-12/h3-8H,9,19H2,1-2H3.